The topological polar surface area (TPSA) is 17.1 Å². The van der Waals surface area contributed by atoms with E-state index in [0.717, 1.165) is 5.56 Å². The monoisotopic (exact) mass is 200 g/mol. The van der Waals surface area contributed by atoms with Crippen LogP contribution < -0.4 is 0 Å². The number of rotatable bonds is 2. The van der Waals surface area contributed by atoms with E-state index >= 15 is 0 Å². The molecule has 0 aromatic heterocycles. The zero-order chi connectivity index (χ0) is 10.0. The van der Waals surface area contributed by atoms with Crippen molar-refractivity contribution in [1.82, 2.24) is 0 Å². The van der Waals surface area contributed by atoms with Crippen LogP contribution in [0.5, 0.6) is 0 Å². The van der Waals surface area contributed by atoms with Crippen LogP contribution in [0.3, 0.4) is 0 Å². The summed E-state index contributed by atoms with van der Waals surface area (Å²) in [5.74, 6) is -0.391. The number of benzene rings is 1. The summed E-state index contributed by atoms with van der Waals surface area (Å²) in [7, 11) is 0. The molecule has 3 heteroatoms. The Morgan fingerprint density at radius 2 is 2.15 bits per heavy atom. The molecular formula is C10H10ClFO. The molecule has 0 atom stereocenters. The Balaban J connectivity index is 3.10. The van der Waals surface area contributed by atoms with E-state index in [-0.39, 0.29) is 10.8 Å². The number of hydrogen-bond acceptors (Lipinski definition) is 1. The highest BCUT2D eigenvalue weighted by Gasteiger charge is 2.08. The normalized spacial score (nSPS) is 10.2. The average molecular weight is 201 g/mol. The van der Waals surface area contributed by atoms with Gasteiger partial charge in [0.05, 0.1) is 5.02 Å². The van der Waals surface area contributed by atoms with E-state index in [0.29, 0.717) is 12.0 Å². The van der Waals surface area contributed by atoms with Crippen molar-refractivity contribution in [2.24, 2.45) is 0 Å². The summed E-state index contributed by atoms with van der Waals surface area (Å²) in [6.45, 7) is 3.21. The fourth-order valence-electron chi connectivity index (χ4n) is 1.15. The Kier molecular flexibility index (Phi) is 3.04. The van der Waals surface area contributed by atoms with Gasteiger partial charge >= 0.3 is 0 Å². The second-order valence-electron chi connectivity index (χ2n) is 3.02. The lowest BCUT2D eigenvalue weighted by atomic mass is 10.0. The van der Waals surface area contributed by atoms with Crippen LogP contribution in [0.25, 0.3) is 0 Å². The zero-order valence-corrected chi connectivity index (χ0v) is 8.28. The van der Waals surface area contributed by atoms with Crippen molar-refractivity contribution < 1.29 is 9.18 Å². The predicted molar refractivity (Wildman–Crippen MR) is 50.5 cm³/mol. The maximum atomic E-state index is 12.9. The van der Waals surface area contributed by atoms with E-state index in [9.17, 15) is 9.18 Å². The lowest BCUT2D eigenvalue weighted by molar-refractivity contribution is -0.116. The molecule has 1 rings (SSSR count). The number of carbonyl (C=O) groups excluding carboxylic acids is 1. The third kappa shape index (κ3) is 2.28. The van der Waals surface area contributed by atoms with E-state index in [2.05, 4.69) is 0 Å². The molecular weight excluding hydrogens is 191 g/mol. The minimum atomic E-state index is -0.438. The highest BCUT2D eigenvalue weighted by molar-refractivity contribution is 6.31. The SMILES string of the molecule is CC(=O)Cc1ccc(F)c(Cl)c1C. The predicted octanol–water partition coefficient (Wildman–Crippen LogP) is 2.92. The van der Waals surface area contributed by atoms with E-state index in [1.165, 1.54) is 13.0 Å². The third-order valence-corrected chi connectivity index (χ3v) is 2.35. The van der Waals surface area contributed by atoms with Crippen LogP contribution in [0.4, 0.5) is 4.39 Å². The zero-order valence-electron chi connectivity index (χ0n) is 7.53. The Morgan fingerprint density at radius 3 is 2.69 bits per heavy atom. The van der Waals surface area contributed by atoms with Gasteiger partial charge in [-0.15, -0.1) is 0 Å². The summed E-state index contributed by atoms with van der Waals surface area (Å²) < 4.78 is 12.9. The Bertz CT molecular complexity index is 347. The largest absolute Gasteiger partial charge is 0.300 e. The maximum Gasteiger partial charge on any atom is 0.142 e. The van der Waals surface area contributed by atoms with Crippen molar-refractivity contribution in [2.45, 2.75) is 20.3 Å². The number of halogens is 2. The van der Waals surface area contributed by atoms with Gasteiger partial charge in [0.1, 0.15) is 11.6 Å². The van der Waals surface area contributed by atoms with Crippen molar-refractivity contribution in [3.05, 3.63) is 34.1 Å². The summed E-state index contributed by atoms with van der Waals surface area (Å²) in [5.41, 5.74) is 1.44. The van der Waals surface area contributed by atoms with Gasteiger partial charge < -0.3 is 0 Å². The second kappa shape index (κ2) is 3.88. The molecule has 0 radical (unpaired) electrons. The van der Waals surface area contributed by atoms with Crippen molar-refractivity contribution in [3.63, 3.8) is 0 Å². The molecule has 0 unspecified atom stereocenters. The average Bonchev–Trinajstić information content (AvgIpc) is 2.06. The summed E-state index contributed by atoms with van der Waals surface area (Å²) in [5, 5.41) is 0.110. The number of ketones is 1. The fourth-order valence-corrected chi connectivity index (χ4v) is 1.34. The van der Waals surface area contributed by atoms with Crippen molar-refractivity contribution in [3.8, 4) is 0 Å². The molecule has 0 N–H and O–H groups in total. The third-order valence-electron chi connectivity index (χ3n) is 1.89. The number of hydrogen-bond donors (Lipinski definition) is 0. The minimum absolute atomic E-state index is 0.0470. The van der Waals surface area contributed by atoms with Crippen LogP contribution in [0.15, 0.2) is 12.1 Å². The first-order chi connectivity index (χ1) is 6.02. The van der Waals surface area contributed by atoms with Gasteiger partial charge in [0.25, 0.3) is 0 Å². The van der Waals surface area contributed by atoms with Gasteiger partial charge in [-0.3, -0.25) is 4.79 Å². The molecule has 0 saturated carbocycles. The number of carbonyl (C=O) groups is 1. The molecule has 1 aromatic carbocycles. The van der Waals surface area contributed by atoms with Crippen LogP contribution in [0, 0.1) is 12.7 Å². The molecule has 0 spiro atoms. The van der Waals surface area contributed by atoms with Gasteiger partial charge in [-0.1, -0.05) is 17.7 Å². The first kappa shape index (κ1) is 10.2. The smallest absolute Gasteiger partial charge is 0.142 e. The molecule has 0 aliphatic heterocycles. The van der Waals surface area contributed by atoms with Crippen LogP contribution in [-0.4, -0.2) is 5.78 Å². The molecule has 0 aliphatic carbocycles. The summed E-state index contributed by atoms with van der Waals surface area (Å²) in [6.07, 6.45) is 0.311. The van der Waals surface area contributed by atoms with Gasteiger partial charge in [-0.2, -0.15) is 0 Å². The maximum absolute atomic E-state index is 12.9. The van der Waals surface area contributed by atoms with Crippen molar-refractivity contribution in [2.75, 3.05) is 0 Å². The summed E-state index contributed by atoms with van der Waals surface area (Å²) >= 11 is 5.68. The van der Waals surface area contributed by atoms with Gasteiger partial charge in [-0.25, -0.2) is 4.39 Å². The summed E-state index contributed by atoms with van der Waals surface area (Å²) in [6, 6.07) is 2.88. The van der Waals surface area contributed by atoms with Crippen LogP contribution in [0.2, 0.25) is 5.02 Å². The summed E-state index contributed by atoms with van der Waals surface area (Å²) in [4.78, 5) is 10.8. The van der Waals surface area contributed by atoms with Gasteiger partial charge in [0.2, 0.25) is 0 Å². The van der Waals surface area contributed by atoms with Crippen LogP contribution >= 0.6 is 11.6 Å². The molecule has 0 bridgehead atoms. The lowest BCUT2D eigenvalue weighted by Crippen LogP contribution is -1.99. The second-order valence-corrected chi connectivity index (χ2v) is 3.40. The Labute approximate surface area is 81.5 Å². The number of Topliss-reactive ketones (excluding diaryl/α,β-unsaturated/α-hetero) is 1. The molecule has 0 fully saturated rings. The van der Waals surface area contributed by atoms with E-state index in [1.807, 2.05) is 0 Å². The molecule has 0 aliphatic rings. The molecule has 1 nitrogen and oxygen atoms in total. The van der Waals surface area contributed by atoms with Crippen molar-refractivity contribution >= 4 is 17.4 Å². The van der Waals surface area contributed by atoms with E-state index in [4.69, 9.17) is 11.6 Å². The highest BCUT2D eigenvalue weighted by Crippen LogP contribution is 2.22. The standard InChI is InChI=1S/C10H10ClFO/c1-6(13)5-8-3-4-9(12)10(11)7(8)2/h3-4H,5H2,1-2H3. The molecule has 0 heterocycles. The molecule has 0 saturated heterocycles. The van der Waals surface area contributed by atoms with Gasteiger partial charge in [-0.05, 0) is 31.0 Å². The highest BCUT2D eigenvalue weighted by atomic mass is 35.5. The van der Waals surface area contributed by atoms with Crippen LogP contribution in [0.1, 0.15) is 18.1 Å². The van der Waals surface area contributed by atoms with E-state index in [1.54, 1.807) is 13.0 Å². The lowest BCUT2D eigenvalue weighted by Gasteiger charge is -2.05. The van der Waals surface area contributed by atoms with Gasteiger partial charge in [0, 0.05) is 6.42 Å². The quantitative estimate of drug-likeness (QED) is 0.718. The fraction of sp³-hybridized carbons (Fsp3) is 0.300. The first-order valence-corrected chi connectivity index (χ1v) is 4.33. The molecule has 0 amide bonds. The molecule has 70 valence electrons. The van der Waals surface area contributed by atoms with E-state index < -0.39 is 5.82 Å². The minimum Gasteiger partial charge on any atom is -0.300 e. The molecule has 13 heavy (non-hydrogen) atoms. The van der Waals surface area contributed by atoms with Crippen molar-refractivity contribution in [1.29, 1.82) is 0 Å². The van der Waals surface area contributed by atoms with Crippen LogP contribution in [-0.2, 0) is 11.2 Å². The van der Waals surface area contributed by atoms with Gasteiger partial charge in [0.15, 0.2) is 0 Å². The Morgan fingerprint density at radius 1 is 1.54 bits per heavy atom. The first-order valence-electron chi connectivity index (χ1n) is 3.95. The molecule has 1 aromatic rings. The Hall–Kier alpha value is -0.890.